The topological polar surface area (TPSA) is 58.1 Å². The zero-order chi connectivity index (χ0) is 15.9. The fraction of sp³-hybridized carbons (Fsp3) is 0.562. The molecule has 2 rings (SSSR count). The van der Waals surface area contributed by atoms with Gasteiger partial charge in [0.1, 0.15) is 0 Å². The third kappa shape index (κ3) is 4.53. The van der Waals surface area contributed by atoms with Gasteiger partial charge in [0.2, 0.25) is 6.79 Å². The number of hydrogen-bond acceptors (Lipinski definition) is 4. The summed E-state index contributed by atoms with van der Waals surface area (Å²) in [7, 11) is 3.90. The van der Waals surface area contributed by atoms with Gasteiger partial charge >= 0.3 is 0 Å². The van der Waals surface area contributed by atoms with Crippen LogP contribution in [0.4, 0.5) is 0 Å². The summed E-state index contributed by atoms with van der Waals surface area (Å²) in [6.45, 7) is 7.20. The second-order valence-electron chi connectivity index (χ2n) is 5.61. The molecule has 0 saturated carbocycles. The Balaban J connectivity index is 1.77. The molecule has 6 nitrogen and oxygen atoms in total. The number of guanidine groups is 1. The van der Waals surface area contributed by atoms with Crippen LogP contribution in [0.3, 0.4) is 0 Å². The third-order valence-corrected chi connectivity index (χ3v) is 3.76. The average molecular weight is 306 g/mol. The third-order valence-electron chi connectivity index (χ3n) is 3.76. The van der Waals surface area contributed by atoms with E-state index in [2.05, 4.69) is 41.4 Å². The Morgan fingerprint density at radius 1 is 1.27 bits per heavy atom. The van der Waals surface area contributed by atoms with Gasteiger partial charge < -0.3 is 25.0 Å². The van der Waals surface area contributed by atoms with Crippen LogP contribution >= 0.6 is 0 Å². The zero-order valence-corrected chi connectivity index (χ0v) is 13.8. The summed E-state index contributed by atoms with van der Waals surface area (Å²) in [6.07, 6.45) is 0. The summed E-state index contributed by atoms with van der Waals surface area (Å²) in [4.78, 5) is 6.53. The van der Waals surface area contributed by atoms with Gasteiger partial charge in [-0.05, 0) is 38.6 Å². The molecule has 0 radical (unpaired) electrons. The lowest BCUT2D eigenvalue weighted by molar-refractivity contribution is 0.174. The minimum Gasteiger partial charge on any atom is -0.454 e. The number of hydrogen-bond donors (Lipinski definition) is 2. The number of nitrogens with one attached hydrogen (secondary N) is 2. The molecule has 122 valence electrons. The molecule has 0 aromatic heterocycles. The van der Waals surface area contributed by atoms with Crippen LogP contribution in [0.25, 0.3) is 0 Å². The van der Waals surface area contributed by atoms with Gasteiger partial charge in [-0.15, -0.1) is 0 Å². The normalized spacial score (nSPS) is 13.8. The molecule has 1 aromatic carbocycles. The Morgan fingerprint density at radius 2 is 2.05 bits per heavy atom. The number of fused-ring (bicyclic) bond motifs is 1. The highest BCUT2D eigenvalue weighted by atomic mass is 16.7. The number of ether oxygens (including phenoxy) is 2. The van der Waals surface area contributed by atoms with E-state index in [0.717, 1.165) is 36.1 Å². The molecule has 0 spiro atoms. The standard InChI is InChI=1S/C16H26N4O2/c1-12(2)20(4)8-7-18-16(17-3)19-10-13-5-6-14-15(9-13)22-11-21-14/h5-6,9,12H,7-8,10-11H2,1-4H3,(H2,17,18,19). The van der Waals surface area contributed by atoms with Crippen molar-refractivity contribution in [3.63, 3.8) is 0 Å². The second-order valence-corrected chi connectivity index (χ2v) is 5.61. The van der Waals surface area contributed by atoms with Crippen LogP contribution in [0.15, 0.2) is 23.2 Å². The lowest BCUT2D eigenvalue weighted by Gasteiger charge is -2.21. The number of aliphatic imine (C=N–C) groups is 1. The first-order valence-electron chi connectivity index (χ1n) is 7.63. The molecule has 0 amide bonds. The van der Waals surface area contributed by atoms with Crippen LogP contribution in [0.1, 0.15) is 19.4 Å². The molecule has 0 saturated heterocycles. The maximum Gasteiger partial charge on any atom is 0.231 e. The molecule has 0 fully saturated rings. The van der Waals surface area contributed by atoms with E-state index in [0.29, 0.717) is 19.4 Å². The lowest BCUT2D eigenvalue weighted by atomic mass is 10.2. The van der Waals surface area contributed by atoms with Gasteiger partial charge in [0.05, 0.1) is 0 Å². The largest absolute Gasteiger partial charge is 0.454 e. The van der Waals surface area contributed by atoms with Crippen molar-refractivity contribution in [3.05, 3.63) is 23.8 Å². The van der Waals surface area contributed by atoms with E-state index in [1.807, 2.05) is 18.2 Å². The quantitative estimate of drug-likeness (QED) is 0.615. The van der Waals surface area contributed by atoms with Gasteiger partial charge in [-0.2, -0.15) is 0 Å². The summed E-state index contributed by atoms with van der Waals surface area (Å²) in [5.41, 5.74) is 1.13. The van der Waals surface area contributed by atoms with E-state index in [-0.39, 0.29) is 0 Å². The van der Waals surface area contributed by atoms with Gasteiger partial charge in [0.25, 0.3) is 0 Å². The Labute approximate surface area is 132 Å². The van der Waals surface area contributed by atoms with Crippen molar-refractivity contribution < 1.29 is 9.47 Å². The van der Waals surface area contributed by atoms with Gasteiger partial charge in [0.15, 0.2) is 17.5 Å². The average Bonchev–Trinajstić information content (AvgIpc) is 2.97. The summed E-state index contributed by atoms with van der Waals surface area (Å²) >= 11 is 0. The maximum absolute atomic E-state index is 5.38. The minimum absolute atomic E-state index is 0.304. The Kier molecular flexibility index (Phi) is 5.89. The van der Waals surface area contributed by atoms with Crippen molar-refractivity contribution in [2.45, 2.75) is 26.4 Å². The molecule has 1 aliphatic rings. The first-order chi connectivity index (χ1) is 10.6. The summed E-state index contributed by atoms with van der Waals surface area (Å²) in [5, 5.41) is 6.62. The predicted octanol–water partition coefficient (Wildman–Crippen LogP) is 1.42. The van der Waals surface area contributed by atoms with Gasteiger partial charge in [0, 0.05) is 32.7 Å². The number of benzene rings is 1. The first kappa shape index (κ1) is 16.4. The molecule has 1 heterocycles. The highest BCUT2D eigenvalue weighted by Gasteiger charge is 2.13. The van der Waals surface area contributed by atoms with Crippen molar-refractivity contribution in [1.82, 2.24) is 15.5 Å². The second kappa shape index (κ2) is 7.89. The molecule has 22 heavy (non-hydrogen) atoms. The van der Waals surface area contributed by atoms with Crippen molar-refractivity contribution in [2.75, 3.05) is 34.0 Å². The Bertz CT molecular complexity index is 517. The van der Waals surface area contributed by atoms with E-state index >= 15 is 0 Å². The molecule has 0 unspecified atom stereocenters. The van der Waals surface area contributed by atoms with Gasteiger partial charge in [-0.3, -0.25) is 4.99 Å². The summed E-state index contributed by atoms with van der Waals surface area (Å²) in [5.74, 6) is 2.42. The first-order valence-corrected chi connectivity index (χ1v) is 7.63. The van der Waals surface area contributed by atoms with Crippen LogP contribution in [0.2, 0.25) is 0 Å². The summed E-state index contributed by atoms with van der Waals surface area (Å²) < 4.78 is 10.7. The van der Waals surface area contributed by atoms with E-state index in [4.69, 9.17) is 9.47 Å². The van der Waals surface area contributed by atoms with Crippen LogP contribution in [0, 0.1) is 0 Å². The van der Waals surface area contributed by atoms with E-state index in [1.54, 1.807) is 7.05 Å². The molecule has 0 aliphatic carbocycles. The smallest absolute Gasteiger partial charge is 0.231 e. The lowest BCUT2D eigenvalue weighted by Crippen LogP contribution is -2.41. The number of rotatable bonds is 6. The highest BCUT2D eigenvalue weighted by molar-refractivity contribution is 5.79. The van der Waals surface area contributed by atoms with Crippen LogP contribution < -0.4 is 20.1 Å². The monoisotopic (exact) mass is 306 g/mol. The van der Waals surface area contributed by atoms with Crippen molar-refractivity contribution in [3.8, 4) is 11.5 Å². The van der Waals surface area contributed by atoms with Crippen molar-refractivity contribution in [2.24, 2.45) is 4.99 Å². The van der Waals surface area contributed by atoms with Crippen molar-refractivity contribution >= 4 is 5.96 Å². The molecule has 6 heteroatoms. The van der Waals surface area contributed by atoms with E-state index < -0.39 is 0 Å². The molecule has 0 bridgehead atoms. The molecule has 2 N–H and O–H groups in total. The number of nitrogens with zero attached hydrogens (tertiary/aromatic N) is 2. The molecule has 1 aliphatic heterocycles. The van der Waals surface area contributed by atoms with E-state index in [1.165, 1.54) is 0 Å². The van der Waals surface area contributed by atoms with Crippen LogP contribution in [-0.2, 0) is 6.54 Å². The Hall–Kier alpha value is -1.95. The SMILES string of the molecule is CN=C(NCCN(C)C(C)C)NCc1ccc2c(c1)OCO2. The molecule has 0 atom stereocenters. The Morgan fingerprint density at radius 3 is 2.77 bits per heavy atom. The fourth-order valence-corrected chi connectivity index (χ4v) is 2.07. The van der Waals surface area contributed by atoms with Crippen LogP contribution in [0.5, 0.6) is 11.5 Å². The van der Waals surface area contributed by atoms with Crippen molar-refractivity contribution in [1.29, 1.82) is 0 Å². The maximum atomic E-state index is 5.38. The molecular weight excluding hydrogens is 280 g/mol. The number of likely N-dealkylation sites (N-methyl/N-ethyl adjacent to an activating group) is 1. The zero-order valence-electron chi connectivity index (χ0n) is 13.8. The predicted molar refractivity (Wildman–Crippen MR) is 88.5 cm³/mol. The molecule has 1 aromatic rings. The van der Waals surface area contributed by atoms with E-state index in [9.17, 15) is 0 Å². The fourth-order valence-electron chi connectivity index (χ4n) is 2.07. The van der Waals surface area contributed by atoms with Crippen LogP contribution in [-0.4, -0.2) is 50.9 Å². The minimum atomic E-state index is 0.304. The highest BCUT2D eigenvalue weighted by Crippen LogP contribution is 2.32. The molecular formula is C16H26N4O2. The van der Waals surface area contributed by atoms with Gasteiger partial charge in [-0.25, -0.2) is 0 Å². The summed E-state index contributed by atoms with van der Waals surface area (Å²) in [6, 6.07) is 6.51. The van der Waals surface area contributed by atoms with Gasteiger partial charge in [-0.1, -0.05) is 6.07 Å².